The van der Waals surface area contributed by atoms with Gasteiger partial charge in [-0.1, -0.05) is 84.3 Å². The molecule has 0 bridgehead atoms. The molecule has 0 saturated heterocycles. The topological polar surface area (TPSA) is 74.6 Å². The van der Waals surface area contributed by atoms with Crippen molar-refractivity contribution in [2.24, 2.45) is 0 Å². The van der Waals surface area contributed by atoms with Crippen LogP contribution in [0.25, 0.3) is 0 Å². The summed E-state index contributed by atoms with van der Waals surface area (Å²) in [6.07, 6.45) is -6.53. The van der Waals surface area contributed by atoms with Crippen molar-refractivity contribution in [3.8, 4) is 23.7 Å². The van der Waals surface area contributed by atoms with Gasteiger partial charge in [0.2, 0.25) is 5.67 Å². The summed E-state index contributed by atoms with van der Waals surface area (Å²) in [6.45, 7) is 0. The minimum absolute atomic E-state index is 0.225. The van der Waals surface area contributed by atoms with Crippen LogP contribution >= 0.6 is 0 Å². The minimum atomic E-state index is -6.53. The first kappa shape index (κ1) is 30.5. The van der Waals surface area contributed by atoms with Crippen LogP contribution in [0.1, 0.15) is 54.1 Å². The molecule has 0 amide bonds. The third-order valence-electron chi connectivity index (χ3n) is 6.33. The molecule has 4 nitrogen and oxygen atoms in total. The maximum absolute atomic E-state index is 17.4. The van der Waals surface area contributed by atoms with Gasteiger partial charge in [-0.3, -0.25) is 0 Å². The molecule has 2 N–H and O–H groups in total. The highest BCUT2D eigenvalue weighted by molar-refractivity contribution is 5.93. The van der Waals surface area contributed by atoms with Crippen molar-refractivity contribution in [1.29, 1.82) is 0 Å². The molecule has 0 aliphatic rings. The van der Waals surface area contributed by atoms with E-state index in [0.29, 0.717) is 12.1 Å². The van der Waals surface area contributed by atoms with E-state index in [0.717, 1.165) is 24.3 Å². The summed E-state index contributed by atoms with van der Waals surface area (Å²) in [5.41, 5.74) is -11.0. The number of aromatic carboxylic acids is 2. The molecule has 0 aromatic heterocycles. The second-order valence-corrected chi connectivity index (χ2v) is 9.03. The van der Waals surface area contributed by atoms with Crippen LogP contribution in [0.3, 0.4) is 0 Å². The summed E-state index contributed by atoms with van der Waals surface area (Å²) in [5.74, 6) is -0.306. The van der Waals surface area contributed by atoms with Gasteiger partial charge in [0.1, 0.15) is 0 Å². The van der Waals surface area contributed by atoms with Crippen molar-refractivity contribution < 1.29 is 46.1 Å². The van der Waals surface area contributed by atoms with Gasteiger partial charge in [-0.25, -0.2) is 14.0 Å². The van der Waals surface area contributed by atoms with Gasteiger partial charge < -0.3 is 10.2 Å². The normalized spacial score (nSPS) is 11.5. The number of benzene rings is 4. The zero-order valence-electron chi connectivity index (χ0n) is 21.7. The Bertz CT molecular complexity index is 1690. The number of hydrogen-bond acceptors (Lipinski definition) is 2. The van der Waals surface area contributed by atoms with Crippen molar-refractivity contribution in [3.63, 3.8) is 0 Å². The van der Waals surface area contributed by atoms with Crippen molar-refractivity contribution in [2.45, 2.75) is 17.8 Å². The van der Waals surface area contributed by atoms with E-state index >= 15 is 13.2 Å². The van der Waals surface area contributed by atoms with Gasteiger partial charge in [0.25, 0.3) is 0 Å². The Kier molecular flexibility index (Phi) is 8.36. The highest BCUT2D eigenvalue weighted by Crippen LogP contribution is 2.56. The first-order valence-corrected chi connectivity index (χ1v) is 12.3. The molecule has 4 rings (SSSR count). The Balaban J connectivity index is 2.16. The molecule has 4 aromatic carbocycles. The predicted octanol–water partition coefficient (Wildman–Crippen LogP) is 7.29. The predicted molar refractivity (Wildman–Crippen MR) is 145 cm³/mol. The lowest BCUT2D eigenvalue weighted by molar-refractivity contribution is -0.323. The maximum Gasteiger partial charge on any atom is 0.457 e. The van der Waals surface area contributed by atoms with Crippen molar-refractivity contribution in [1.82, 2.24) is 0 Å². The van der Waals surface area contributed by atoms with Crippen LogP contribution in [0.4, 0.5) is 26.3 Å². The van der Waals surface area contributed by atoms with E-state index in [-0.39, 0.29) is 11.1 Å². The van der Waals surface area contributed by atoms with Gasteiger partial charge in [-0.05, 0) is 36.4 Å². The molecule has 0 saturated carbocycles. The van der Waals surface area contributed by atoms with Gasteiger partial charge in [0, 0.05) is 33.4 Å². The summed E-state index contributed by atoms with van der Waals surface area (Å²) in [5, 5.41) is 19.5. The van der Waals surface area contributed by atoms with E-state index in [4.69, 9.17) is 0 Å². The first-order chi connectivity index (χ1) is 20.3. The lowest BCUT2D eigenvalue weighted by atomic mass is 9.76. The third kappa shape index (κ3) is 5.81. The lowest BCUT2D eigenvalue weighted by Gasteiger charge is -2.37. The monoisotopic (exact) mass is 592 g/mol. The number of carboxylic acid groups (broad SMARTS) is 2. The van der Waals surface area contributed by atoms with Gasteiger partial charge >= 0.3 is 24.0 Å². The molecule has 0 atom stereocenters. The summed E-state index contributed by atoms with van der Waals surface area (Å²) in [4.78, 5) is 24.1. The Labute approximate surface area is 241 Å². The van der Waals surface area contributed by atoms with Crippen LogP contribution in [-0.4, -0.2) is 34.3 Å². The van der Waals surface area contributed by atoms with E-state index in [9.17, 15) is 33.0 Å². The molecule has 216 valence electrons. The van der Waals surface area contributed by atoms with Gasteiger partial charge in [0.05, 0.1) is 11.1 Å². The summed E-state index contributed by atoms with van der Waals surface area (Å²) in [7, 11) is 0. The van der Waals surface area contributed by atoms with Crippen LogP contribution in [0.15, 0.2) is 97.1 Å². The third-order valence-corrected chi connectivity index (χ3v) is 6.33. The molecule has 0 fully saturated rings. The highest BCUT2D eigenvalue weighted by atomic mass is 19.4. The molecule has 0 spiro atoms. The molecule has 0 aliphatic heterocycles. The van der Waals surface area contributed by atoms with Gasteiger partial charge in [-0.15, -0.1) is 0 Å². The standard InChI is InChI=1S/C33H18F6O4/c34-31(32(35,36)33(37,38)39,27-15-7-13-25(29(40)41)23(27)19-17-21-9-3-1-4-10-21)28-16-8-14-26(30(42)43)24(28)20-18-22-11-5-2-6-12-22/h1-16H,(H,40,41)(H,42,43). The first-order valence-electron chi connectivity index (χ1n) is 12.3. The number of halogens is 6. The van der Waals surface area contributed by atoms with E-state index in [2.05, 4.69) is 23.7 Å². The Morgan fingerprint density at radius 3 is 1.21 bits per heavy atom. The lowest BCUT2D eigenvalue weighted by Crippen LogP contribution is -2.53. The molecule has 0 aliphatic carbocycles. The number of rotatable bonds is 5. The fourth-order valence-corrected chi connectivity index (χ4v) is 4.30. The number of carbonyl (C=O) groups is 2. The largest absolute Gasteiger partial charge is 0.478 e. The summed E-state index contributed by atoms with van der Waals surface area (Å²) in [6, 6.07) is 19.7. The Morgan fingerprint density at radius 1 is 0.512 bits per heavy atom. The number of alkyl halides is 6. The number of hydrogen-bond donors (Lipinski definition) is 2. The van der Waals surface area contributed by atoms with Crippen LogP contribution in [0.5, 0.6) is 0 Å². The maximum atomic E-state index is 17.4. The molecular weight excluding hydrogens is 574 g/mol. The van der Waals surface area contributed by atoms with Crippen LogP contribution in [-0.2, 0) is 5.67 Å². The Hall–Kier alpha value is -5.48. The fourth-order valence-electron chi connectivity index (χ4n) is 4.30. The fraction of sp³-hybridized carbons (Fsp3) is 0.0909. The molecule has 0 unspecified atom stereocenters. The smallest absolute Gasteiger partial charge is 0.457 e. The summed E-state index contributed by atoms with van der Waals surface area (Å²) < 4.78 is 90.9. The van der Waals surface area contributed by atoms with E-state index in [1.807, 2.05) is 0 Å². The van der Waals surface area contributed by atoms with Crippen molar-refractivity contribution >= 4 is 11.9 Å². The highest BCUT2D eigenvalue weighted by Gasteiger charge is 2.73. The van der Waals surface area contributed by atoms with Crippen molar-refractivity contribution in [3.05, 3.63) is 142 Å². The molecule has 0 radical (unpaired) electrons. The molecule has 4 aromatic rings. The average Bonchev–Trinajstić information content (AvgIpc) is 2.98. The number of carboxylic acids is 2. The van der Waals surface area contributed by atoms with Gasteiger partial charge in [0.15, 0.2) is 0 Å². The molecule has 10 heteroatoms. The van der Waals surface area contributed by atoms with E-state index in [1.54, 1.807) is 36.4 Å². The SMILES string of the molecule is O=C(O)c1cccc(C(F)(c2cccc(C(=O)O)c2C#Cc2ccccc2)C(F)(F)C(F)(F)F)c1C#Cc1ccccc1. The van der Waals surface area contributed by atoms with Crippen LogP contribution < -0.4 is 0 Å². The zero-order valence-corrected chi connectivity index (χ0v) is 21.7. The van der Waals surface area contributed by atoms with Crippen molar-refractivity contribution in [2.75, 3.05) is 0 Å². The van der Waals surface area contributed by atoms with E-state index in [1.165, 1.54) is 24.3 Å². The summed E-state index contributed by atoms with van der Waals surface area (Å²) >= 11 is 0. The van der Waals surface area contributed by atoms with Crippen LogP contribution in [0, 0.1) is 23.7 Å². The molecule has 43 heavy (non-hydrogen) atoms. The average molecular weight is 592 g/mol. The second kappa shape index (κ2) is 11.8. The second-order valence-electron chi connectivity index (χ2n) is 9.03. The zero-order chi connectivity index (χ0) is 31.4. The molecular formula is C33H18F6O4. The quantitative estimate of drug-likeness (QED) is 0.189. The van der Waals surface area contributed by atoms with E-state index < -0.39 is 63.1 Å². The van der Waals surface area contributed by atoms with Crippen LogP contribution in [0.2, 0.25) is 0 Å². The molecule has 0 heterocycles. The van der Waals surface area contributed by atoms with Gasteiger partial charge in [-0.2, -0.15) is 22.0 Å². The Morgan fingerprint density at radius 2 is 0.884 bits per heavy atom. The minimum Gasteiger partial charge on any atom is -0.478 e.